The molecule has 0 aromatic carbocycles. The first-order valence-corrected chi connectivity index (χ1v) is 7.69. The van der Waals surface area contributed by atoms with Gasteiger partial charge in [0, 0.05) is 6.54 Å². The summed E-state index contributed by atoms with van der Waals surface area (Å²) in [6.07, 6.45) is 5.61. The standard InChI is InChI=1S/C15H27N3O2/c1-5-9-18-15(13(19-4)10-17-18)14(16-6-2)12-8-7-11(3)20-12/h10-12,14,16H,5-9H2,1-4H3. The van der Waals surface area contributed by atoms with Crippen LogP contribution in [-0.2, 0) is 11.3 Å². The highest BCUT2D eigenvalue weighted by Gasteiger charge is 2.34. The molecule has 1 saturated heterocycles. The molecule has 114 valence electrons. The van der Waals surface area contributed by atoms with Gasteiger partial charge in [-0.2, -0.15) is 5.10 Å². The lowest BCUT2D eigenvalue weighted by molar-refractivity contribution is 0.0294. The predicted molar refractivity (Wildman–Crippen MR) is 79.1 cm³/mol. The van der Waals surface area contributed by atoms with Gasteiger partial charge in [0.1, 0.15) is 0 Å². The van der Waals surface area contributed by atoms with Gasteiger partial charge in [-0.3, -0.25) is 4.68 Å². The average molecular weight is 281 g/mol. The van der Waals surface area contributed by atoms with Crippen molar-refractivity contribution in [3.63, 3.8) is 0 Å². The van der Waals surface area contributed by atoms with Crippen LogP contribution in [0.15, 0.2) is 6.20 Å². The first-order valence-electron chi connectivity index (χ1n) is 7.69. The van der Waals surface area contributed by atoms with Crippen molar-refractivity contribution in [3.8, 4) is 5.75 Å². The van der Waals surface area contributed by atoms with Crippen molar-refractivity contribution >= 4 is 0 Å². The Hall–Kier alpha value is -1.07. The zero-order valence-electron chi connectivity index (χ0n) is 13.1. The highest BCUT2D eigenvalue weighted by molar-refractivity contribution is 5.29. The molecule has 3 atom stereocenters. The fourth-order valence-corrected chi connectivity index (χ4v) is 2.94. The number of ether oxygens (including phenoxy) is 2. The molecule has 1 aromatic heterocycles. The van der Waals surface area contributed by atoms with Gasteiger partial charge in [-0.25, -0.2) is 0 Å². The molecule has 5 heteroatoms. The molecule has 1 aromatic rings. The van der Waals surface area contributed by atoms with E-state index in [1.807, 2.05) is 6.20 Å². The summed E-state index contributed by atoms with van der Waals surface area (Å²) in [5.74, 6) is 0.854. The molecule has 0 saturated carbocycles. The Kier molecular flexibility index (Phi) is 5.43. The molecule has 5 nitrogen and oxygen atoms in total. The molecule has 0 spiro atoms. The van der Waals surface area contributed by atoms with E-state index in [-0.39, 0.29) is 12.1 Å². The van der Waals surface area contributed by atoms with Gasteiger partial charge in [0.2, 0.25) is 0 Å². The van der Waals surface area contributed by atoms with Crippen molar-refractivity contribution in [2.45, 2.75) is 64.8 Å². The third-order valence-corrected chi connectivity index (χ3v) is 3.86. The van der Waals surface area contributed by atoms with Crippen LogP contribution in [0.5, 0.6) is 5.75 Å². The molecular weight excluding hydrogens is 254 g/mol. The molecule has 1 aliphatic rings. The second-order valence-corrected chi connectivity index (χ2v) is 5.42. The lowest BCUT2D eigenvalue weighted by Gasteiger charge is -2.26. The Labute approximate surface area is 121 Å². The zero-order valence-corrected chi connectivity index (χ0v) is 13.1. The van der Waals surface area contributed by atoms with E-state index in [0.29, 0.717) is 6.10 Å². The van der Waals surface area contributed by atoms with Crippen LogP contribution >= 0.6 is 0 Å². The van der Waals surface area contributed by atoms with Gasteiger partial charge < -0.3 is 14.8 Å². The van der Waals surface area contributed by atoms with E-state index in [1.54, 1.807) is 7.11 Å². The summed E-state index contributed by atoms with van der Waals surface area (Å²) in [5.41, 5.74) is 1.12. The van der Waals surface area contributed by atoms with Crippen molar-refractivity contribution in [1.82, 2.24) is 15.1 Å². The molecule has 2 heterocycles. The number of aryl methyl sites for hydroxylation is 1. The first-order chi connectivity index (χ1) is 9.71. The Morgan fingerprint density at radius 2 is 2.30 bits per heavy atom. The minimum Gasteiger partial charge on any atom is -0.493 e. The maximum absolute atomic E-state index is 6.07. The van der Waals surface area contributed by atoms with Crippen molar-refractivity contribution in [2.75, 3.05) is 13.7 Å². The van der Waals surface area contributed by atoms with Crippen molar-refractivity contribution < 1.29 is 9.47 Å². The van der Waals surface area contributed by atoms with E-state index < -0.39 is 0 Å². The highest BCUT2D eigenvalue weighted by Crippen LogP contribution is 2.34. The van der Waals surface area contributed by atoms with E-state index in [0.717, 1.165) is 43.8 Å². The summed E-state index contributed by atoms with van der Waals surface area (Å²) in [7, 11) is 1.71. The largest absolute Gasteiger partial charge is 0.493 e. The Morgan fingerprint density at radius 1 is 1.50 bits per heavy atom. The monoisotopic (exact) mass is 281 g/mol. The van der Waals surface area contributed by atoms with E-state index in [2.05, 4.69) is 35.9 Å². The number of rotatable bonds is 7. The third kappa shape index (κ3) is 3.15. The summed E-state index contributed by atoms with van der Waals surface area (Å²) in [6, 6.07) is 0.147. The lowest BCUT2D eigenvalue weighted by atomic mass is 10.0. The molecule has 1 N–H and O–H groups in total. The van der Waals surface area contributed by atoms with E-state index in [4.69, 9.17) is 9.47 Å². The smallest absolute Gasteiger partial charge is 0.161 e. The minimum absolute atomic E-state index is 0.147. The van der Waals surface area contributed by atoms with Crippen LogP contribution < -0.4 is 10.1 Å². The summed E-state index contributed by atoms with van der Waals surface area (Å²) in [4.78, 5) is 0. The second-order valence-electron chi connectivity index (χ2n) is 5.42. The average Bonchev–Trinajstić information content (AvgIpc) is 3.03. The predicted octanol–water partition coefficient (Wildman–Crippen LogP) is 2.52. The van der Waals surface area contributed by atoms with Gasteiger partial charge in [0.25, 0.3) is 0 Å². The molecule has 3 unspecified atom stereocenters. The zero-order chi connectivity index (χ0) is 14.5. The SMILES string of the molecule is CCCn1ncc(OC)c1C(NCC)C1CCC(C)O1. The lowest BCUT2D eigenvalue weighted by Crippen LogP contribution is -2.34. The number of hydrogen-bond donors (Lipinski definition) is 1. The Balaban J connectivity index is 2.29. The minimum atomic E-state index is 0.147. The van der Waals surface area contributed by atoms with Crippen LogP contribution in [0.1, 0.15) is 51.8 Å². The highest BCUT2D eigenvalue weighted by atomic mass is 16.5. The number of nitrogens with one attached hydrogen (secondary N) is 1. The summed E-state index contributed by atoms with van der Waals surface area (Å²) < 4.78 is 13.6. The first kappa shape index (κ1) is 15.3. The van der Waals surface area contributed by atoms with Crippen LogP contribution in [0, 0.1) is 0 Å². The number of hydrogen-bond acceptors (Lipinski definition) is 4. The van der Waals surface area contributed by atoms with Gasteiger partial charge in [-0.1, -0.05) is 13.8 Å². The molecule has 1 aliphatic heterocycles. The van der Waals surface area contributed by atoms with Gasteiger partial charge in [0.05, 0.1) is 37.3 Å². The van der Waals surface area contributed by atoms with Crippen LogP contribution in [0.2, 0.25) is 0 Å². The molecule has 0 bridgehead atoms. The van der Waals surface area contributed by atoms with Crippen LogP contribution in [0.25, 0.3) is 0 Å². The number of methoxy groups -OCH3 is 1. The van der Waals surface area contributed by atoms with Crippen molar-refractivity contribution in [2.24, 2.45) is 0 Å². The van der Waals surface area contributed by atoms with Crippen LogP contribution in [0.3, 0.4) is 0 Å². The topological polar surface area (TPSA) is 48.3 Å². The molecule has 0 radical (unpaired) electrons. The van der Waals surface area contributed by atoms with E-state index >= 15 is 0 Å². The quantitative estimate of drug-likeness (QED) is 0.834. The van der Waals surface area contributed by atoms with Gasteiger partial charge in [-0.05, 0) is 32.7 Å². The van der Waals surface area contributed by atoms with E-state index in [9.17, 15) is 0 Å². The van der Waals surface area contributed by atoms with E-state index in [1.165, 1.54) is 0 Å². The molecule has 0 amide bonds. The van der Waals surface area contributed by atoms with Gasteiger partial charge in [-0.15, -0.1) is 0 Å². The maximum atomic E-state index is 6.07. The number of likely N-dealkylation sites (N-methyl/N-ethyl adjacent to an activating group) is 1. The number of aromatic nitrogens is 2. The van der Waals surface area contributed by atoms with Crippen LogP contribution in [0.4, 0.5) is 0 Å². The molecule has 0 aliphatic carbocycles. The Bertz CT molecular complexity index is 419. The molecule has 20 heavy (non-hydrogen) atoms. The Morgan fingerprint density at radius 3 is 2.85 bits per heavy atom. The molecule has 2 rings (SSSR count). The second kappa shape index (κ2) is 7.09. The van der Waals surface area contributed by atoms with Crippen molar-refractivity contribution in [3.05, 3.63) is 11.9 Å². The third-order valence-electron chi connectivity index (χ3n) is 3.86. The molecular formula is C15H27N3O2. The number of nitrogens with zero attached hydrogens (tertiary/aromatic N) is 2. The maximum Gasteiger partial charge on any atom is 0.161 e. The normalized spacial score (nSPS) is 24.0. The summed E-state index contributed by atoms with van der Waals surface area (Å²) in [6.45, 7) is 8.23. The fourth-order valence-electron chi connectivity index (χ4n) is 2.94. The van der Waals surface area contributed by atoms with Crippen molar-refractivity contribution in [1.29, 1.82) is 0 Å². The van der Waals surface area contributed by atoms with Crippen LogP contribution in [-0.4, -0.2) is 35.6 Å². The summed E-state index contributed by atoms with van der Waals surface area (Å²) in [5, 5.41) is 8.02. The summed E-state index contributed by atoms with van der Waals surface area (Å²) >= 11 is 0. The van der Waals surface area contributed by atoms with Gasteiger partial charge in [0.15, 0.2) is 5.75 Å². The fraction of sp³-hybridized carbons (Fsp3) is 0.800. The molecule has 1 fully saturated rings. The van der Waals surface area contributed by atoms with Gasteiger partial charge >= 0.3 is 0 Å².